The Kier molecular flexibility index (Phi) is 7.49. The van der Waals surface area contributed by atoms with Gasteiger partial charge in [-0.3, -0.25) is 0 Å². The van der Waals surface area contributed by atoms with Gasteiger partial charge in [0.1, 0.15) is 32.7 Å². The van der Waals surface area contributed by atoms with Gasteiger partial charge in [0.15, 0.2) is 0 Å². The summed E-state index contributed by atoms with van der Waals surface area (Å²) in [6, 6.07) is 19.8. The molecule has 0 unspecified atom stereocenters. The Morgan fingerprint density at radius 2 is 1.44 bits per heavy atom. The molecule has 1 aliphatic rings. The molecular weight excluding hydrogens is 330 g/mol. The maximum Gasteiger partial charge on any atom is 0.127 e. The third-order valence-electron chi connectivity index (χ3n) is 5.70. The van der Waals surface area contributed by atoms with E-state index in [1.54, 1.807) is 9.80 Å². The molecule has 0 aromatic heterocycles. The van der Waals surface area contributed by atoms with Crippen LogP contribution in [0.4, 0.5) is 5.69 Å². The lowest BCUT2D eigenvalue weighted by Crippen LogP contribution is -3.27. The molecule has 2 N–H and O–H groups in total. The van der Waals surface area contributed by atoms with Crippen molar-refractivity contribution in [2.75, 3.05) is 50.7 Å². The Morgan fingerprint density at radius 1 is 0.815 bits per heavy atom. The molecule has 2 aromatic carbocycles. The van der Waals surface area contributed by atoms with Crippen molar-refractivity contribution in [3.05, 3.63) is 71.8 Å². The molecule has 2 aromatic rings. The first kappa shape index (κ1) is 19.7. The Labute approximate surface area is 164 Å². The topological polar surface area (TPSA) is 12.1 Å². The van der Waals surface area contributed by atoms with Gasteiger partial charge in [0.05, 0.1) is 6.54 Å². The molecule has 0 bridgehead atoms. The summed E-state index contributed by atoms with van der Waals surface area (Å²) in [5.41, 5.74) is 4.11. The molecule has 1 aliphatic heterocycles. The zero-order valence-electron chi connectivity index (χ0n) is 17.0. The molecular formula is C24H35N3+2. The van der Waals surface area contributed by atoms with E-state index in [9.17, 15) is 0 Å². The third kappa shape index (κ3) is 5.95. The Balaban J connectivity index is 1.42. The minimum Gasteiger partial charge on any atom is -0.372 e. The van der Waals surface area contributed by atoms with Gasteiger partial charge in [-0.05, 0) is 37.6 Å². The van der Waals surface area contributed by atoms with Crippen LogP contribution in [-0.4, -0.2) is 45.8 Å². The maximum atomic E-state index is 2.40. The smallest absolute Gasteiger partial charge is 0.127 e. The first-order valence-electron chi connectivity index (χ1n) is 10.5. The first-order valence-corrected chi connectivity index (χ1v) is 10.5. The number of hydrogen-bond donors (Lipinski definition) is 2. The molecule has 1 heterocycles. The Morgan fingerprint density at radius 3 is 2.07 bits per heavy atom. The second-order valence-electron chi connectivity index (χ2n) is 7.53. The van der Waals surface area contributed by atoms with Gasteiger partial charge in [0.25, 0.3) is 0 Å². The van der Waals surface area contributed by atoms with Gasteiger partial charge in [0, 0.05) is 24.3 Å². The Hall–Kier alpha value is -2.10. The average molecular weight is 366 g/mol. The van der Waals surface area contributed by atoms with E-state index in [1.807, 2.05) is 0 Å². The van der Waals surface area contributed by atoms with Crippen LogP contribution in [0.15, 0.2) is 60.7 Å². The van der Waals surface area contributed by atoms with Gasteiger partial charge in [0.2, 0.25) is 0 Å². The van der Waals surface area contributed by atoms with Crippen LogP contribution in [0.3, 0.4) is 0 Å². The monoisotopic (exact) mass is 365 g/mol. The third-order valence-corrected chi connectivity index (χ3v) is 5.70. The highest BCUT2D eigenvalue weighted by Gasteiger charge is 2.22. The van der Waals surface area contributed by atoms with Crippen LogP contribution >= 0.6 is 0 Å². The van der Waals surface area contributed by atoms with Crippen LogP contribution in [0.2, 0.25) is 0 Å². The summed E-state index contributed by atoms with van der Waals surface area (Å²) >= 11 is 0. The highest BCUT2D eigenvalue weighted by Crippen LogP contribution is 2.14. The van der Waals surface area contributed by atoms with Gasteiger partial charge in [-0.2, -0.15) is 0 Å². The zero-order valence-corrected chi connectivity index (χ0v) is 17.0. The molecule has 0 saturated carbocycles. The van der Waals surface area contributed by atoms with Crippen molar-refractivity contribution in [2.45, 2.75) is 20.4 Å². The minimum absolute atomic E-state index is 1.07. The van der Waals surface area contributed by atoms with E-state index < -0.39 is 0 Å². The van der Waals surface area contributed by atoms with Gasteiger partial charge in [-0.1, -0.05) is 48.5 Å². The Bertz CT molecular complexity index is 681. The summed E-state index contributed by atoms with van der Waals surface area (Å²) in [6.45, 7) is 14.0. The largest absolute Gasteiger partial charge is 0.372 e. The van der Waals surface area contributed by atoms with Crippen molar-refractivity contribution in [2.24, 2.45) is 0 Å². The molecule has 1 saturated heterocycles. The standard InChI is InChI=1S/C24H33N3/c1-3-27(4-2)24-14-12-23(13-15-24)21-26-19-17-25(18-20-26)16-8-11-22-9-6-5-7-10-22/h5-15H,3-4,16-21H2,1-2H3/p+2/b11-8+. The second kappa shape index (κ2) is 10.3. The highest BCUT2D eigenvalue weighted by atomic mass is 15.3. The fourth-order valence-electron chi connectivity index (χ4n) is 3.97. The van der Waals surface area contributed by atoms with E-state index in [2.05, 4.69) is 85.5 Å². The second-order valence-corrected chi connectivity index (χ2v) is 7.53. The normalized spacial score (nSPS) is 20.1. The molecule has 3 nitrogen and oxygen atoms in total. The zero-order chi connectivity index (χ0) is 18.9. The van der Waals surface area contributed by atoms with Crippen molar-refractivity contribution in [3.63, 3.8) is 0 Å². The predicted octanol–water partition coefficient (Wildman–Crippen LogP) is 1.53. The number of benzene rings is 2. The molecule has 144 valence electrons. The molecule has 1 fully saturated rings. The van der Waals surface area contributed by atoms with Crippen molar-refractivity contribution in [1.82, 2.24) is 0 Å². The number of rotatable bonds is 8. The van der Waals surface area contributed by atoms with Gasteiger partial charge < -0.3 is 14.7 Å². The summed E-state index contributed by atoms with van der Waals surface area (Å²) in [5, 5.41) is 0. The molecule has 3 rings (SSSR count). The SMILES string of the molecule is CCN(CC)c1ccc(C[NH+]2CC[NH+](C/C=C/c3ccccc3)CC2)cc1. The van der Waals surface area contributed by atoms with Crippen LogP contribution in [0, 0.1) is 0 Å². The van der Waals surface area contributed by atoms with Crippen molar-refractivity contribution < 1.29 is 9.80 Å². The number of piperazine rings is 1. The number of hydrogen-bond acceptors (Lipinski definition) is 1. The maximum absolute atomic E-state index is 2.40. The summed E-state index contributed by atoms with van der Waals surface area (Å²) in [6.07, 6.45) is 4.59. The lowest BCUT2D eigenvalue weighted by atomic mass is 10.1. The summed E-state index contributed by atoms with van der Waals surface area (Å²) in [5.74, 6) is 0. The van der Waals surface area contributed by atoms with Crippen LogP contribution in [0.5, 0.6) is 0 Å². The van der Waals surface area contributed by atoms with Gasteiger partial charge in [-0.15, -0.1) is 0 Å². The van der Waals surface area contributed by atoms with E-state index in [0.717, 1.165) is 26.2 Å². The summed E-state index contributed by atoms with van der Waals surface area (Å²) in [7, 11) is 0. The minimum atomic E-state index is 1.07. The molecule has 27 heavy (non-hydrogen) atoms. The van der Waals surface area contributed by atoms with E-state index >= 15 is 0 Å². The molecule has 0 radical (unpaired) electrons. The van der Waals surface area contributed by atoms with E-state index in [1.165, 1.54) is 43.0 Å². The number of anilines is 1. The first-order chi connectivity index (χ1) is 13.3. The number of quaternary nitrogens is 2. The highest BCUT2D eigenvalue weighted by molar-refractivity contribution is 5.48. The summed E-state index contributed by atoms with van der Waals surface area (Å²) < 4.78 is 0. The van der Waals surface area contributed by atoms with Crippen molar-refractivity contribution >= 4 is 11.8 Å². The molecule has 0 spiro atoms. The average Bonchev–Trinajstić information content (AvgIpc) is 2.72. The van der Waals surface area contributed by atoms with Crippen molar-refractivity contribution in [3.8, 4) is 0 Å². The van der Waals surface area contributed by atoms with Crippen LogP contribution in [-0.2, 0) is 6.54 Å². The van der Waals surface area contributed by atoms with E-state index in [4.69, 9.17) is 0 Å². The quantitative estimate of drug-likeness (QED) is 0.723. The molecule has 3 heteroatoms. The van der Waals surface area contributed by atoms with E-state index in [0.29, 0.717) is 0 Å². The van der Waals surface area contributed by atoms with Crippen LogP contribution in [0.25, 0.3) is 6.08 Å². The van der Waals surface area contributed by atoms with Crippen LogP contribution in [0.1, 0.15) is 25.0 Å². The molecule has 0 aliphatic carbocycles. The van der Waals surface area contributed by atoms with E-state index in [-0.39, 0.29) is 0 Å². The number of nitrogens with one attached hydrogen (secondary N) is 2. The lowest BCUT2D eigenvalue weighted by Gasteiger charge is -2.29. The number of nitrogens with zero attached hydrogens (tertiary/aromatic N) is 1. The predicted molar refractivity (Wildman–Crippen MR) is 115 cm³/mol. The molecule has 0 atom stereocenters. The van der Waals surface area contributed by atoms with Crippen LogP contribution < -0.4 is 14.7 Å². The van der Waals surface area contributed by atoms with Gasteiger partial charge in [-0.25, -0.2) is 0 Å². The van der Waals surface area contributed by atoms with Crippen molar-refractivity contribution in [1.29, 1.82) is 0 Å². The summed E-state index contributed by atoms with van der Waals surface area (Å²) in [4.78, 5) is 5.84. The van der Waals surface area contributed by atoms with Gasteiger partial charge >= 0.3 is 0 Å². The fraction of sp³-hybridized carbons (Fsp3) is 0.417. The fourth-order valence-corrected chi connectivity index (χ4v) is 3.97. The molecule has 0 amide bonds. The lowest BCUT2D eigenvalue weighted by molar-refractivity contribution is -1.02.